The van der Waals surface area contributed by atoms with Gasteiger partial charge in [0.2, 0.25) is 0 Å². The molecule has 17 heavy (non-hydrogen) atoms. The van der Waals surface area contributed by atoms with Crippen molar-refractivity contribution in [3.8, 4) is 0 Å². The summed E-state index contributed by atoms with van der Waals surface area (Å²) in [7, 11) is 1.42. The van der Waals surface area contributed by atoms with E-state index in [2.05, 4.69) is 11.7 Å². The minimum absolute atomic E-state index is 0.0488. The van der Waals surface area contributed by atoms with Gasteiger partial charge in [0.05, 0.1) is 19.1 Å². The van der Waals surface area contributed by atoms with Gasteiger partial charge < -0.3 is 9.84 Å². The fraction of sp³-hybridized carbons (Fsp3) is 0.929. The number of rotatable bonds is 10. The molecule has 0 aliphatic carbocycles. The third kappa shape index (κ3) is 9.16. The second kappa shape index (κ2) is 10.6. The Labute approximate surface area is 106 Å². The highest BCUT2D eigenvalue weighted by Crippen LogP contribution is 2.14. The number of hydrogen-bond donors (Lipinski definition) is 1. The average Bonchev–Trinajstić information content (AvgIpc) is 2.33. The Balaban J connectivity index is 3.44. The van der Waals surface area contributed by atoms with Crippen LogP contribution in [0.2, 0.25) is 0 Å². The number of aliphatic hydroxyl groups excluding tert-OH is 1. The van der Waals surface area contributed by atoms with Crippen molar-refractivity contribution in [2.24, 2.45) is 5.92 Å². The summed E-state index contributed by atoms with van der Waals surface area (Å²) in [6.07, 6.45) is 8.01. The summed E-state index contributed by atoms with van der Waals surface area (Å²) < 4.78 is 4.66. The number of ether oxygens (including phenoxy) is 1. The lowest BCUT2D eigenvalue weighted by Crippen LogP contribution is -2.14. The van der Waals surface area contributed by atoms with Gasteiger partial charge in [-0.2, -0.15) is 0 Å². The van der Waals surface area contributed by atoms with Crippen molar-refractivity contribution in [2.45, 2.75) is 71.3 Å². The highest BCUT2D eigenvalue weighted by atomic mass is 16.5. The molecule has 0 fully saturated rings. The Hall–Kier alpha value is -0.570. The molecule has 1 N–H and O–H groups in total. The second-order valence-corrected chi connectivity index (χ2v) is 4.86. The standard InChI is InChI=1S/C14H28O3/c1-4-5-6-7-10-13(15)11-8-9-12(2)14(16)17-3/h12-13,15H,4-11H2,1-3H3/t12-,13+/m1/s1. The molecule has 0 aromatic heterocycles. The molecule has 0 aromatic carbocycles. The maximum atomic E-state index is 11.1. The molecule has 0 saturated heterocycles. The summed E-state index contributed by atoms with van der Waals surface area (Å²) in [5.41, 5.74) is 0. The van der Waals surface area contributed by atoms with Crippen LogP contribution in [0.25, 0.3) is 0 Å². The molecule has 3 heteroatoms. The lowest BCUT2D eigenvalue weighted by molar-refractivity contribution is -0.145. The van der Waals surface area contributed by atoms with E-state index < -0.39 is 0 Å². The van der Waals surface area contributed by atoms with Crippen LogP contribution in [0.15, 0.2) is 0 Å². The zero-order valence-corrected chi connectivity index (χ0v) is 11.6. The van der Waals surface area contributed by atoms with Gasteiger partial charge in [-0.25, -0.2) is 0 Å². The molecule has 0 heterocycles. The lowest BCUT2D eigenvalue weighted by Gasteiger charge is -2.12. The van der Waals surface area contributed by atoms with Gasteiger partial charge in [0.25, 0.3) is 0 Å². The number of carbonyl (C=O) groups excluding carboxylic acids is 1. The highest BCUT2D eigenvalue weighted by Gasteiger charge is 2.13. The number of hydrogen-bond acceptors (Lipinski definition) is 3. The summed E-state index contributed by atoms with van der Waals surface area (Å²) >= 11 is 0. The predicted octanol–water partition coefficient (Wildman–Crippen LogP) is 3.30. The van der Waals surface area contributed by atoms with E-state index in [0.29, 0.717) is 0 Å². The van der Waals surface area contributed by atoms with E-state index in [-0.39, 0.29) is 18.0 Å². The summed E-state index contributed by atoms with van der Waals surface area (Å²) in [5.74, 6) is -0.199. The third-order valence-electron chi connectivity index (χ3n) is 3.17. The van der Waals surface area contributed by atoms with Crippen LogP contribution in [0.4, 0.5) is 0 Å². The minimum Gasteiger partial charge on any atom is -0.469 e. The van der Waals surface area contributed by atoms with Crippen molar-refractivity contribution in [3.63, 3.8) is 0 Å². The molecule has 0 aliphatic rings. The van der Waals surface area contributed by atoms with Crippen molar-refractivity contribution in [3.05, 3.63) is 0 Å². The van der Waals surface area contributed by atoms with E-state index in [1.807, 2.05) is 6.92 Å². The van der Waals surface area contributed by atoms with Gasteiger partial charge in [0.1, 0.15) is 0 Å². The molecule has 3 nitrogen and oxygen atoms in total. The van der Waals surface area contributed by atoms with Crippen LogP contribution in [0.3, 0.4) is 0 Å². The SMILES string of the molecule is CCCCCC[C@H](O)CCC[C@@H](C)C(=O)OC. The van der Waals surface area contributed by atoms with E-state index in [1.54, 1.807) is 0 Å². The predicted molar refractivity (Wildman–Crippen MR) is 69.8 cm³/mol. The monoisotopic (exact) mass is 244 g/mol. The van der Waals surface area contributed by atoms with Gasteiger partial charge >= 0.3 is 5.97 Å². The Morgan fingerprint density at radius 1 is 1.12 bits per heavy atom. The summed E-state index contributed by atoms with van der Waals surface area (Å²) in [6, 6.07) is 0. The molecule has 0 spiro atoms. The molecule has 0 bridgehead atoms. The van der Waals surface area contributed by atoms with E-state index in [9.17, 15) is 9.90 Å². The Kier molecular flexibility index (Phi) is 10.2. The molecule has 0 rings (SSSR count). The lowest BCUT2D eigenvalue weighted by atomic mass is 10.00. The van der Waals surface area contributed by atoms with E-state index >= 15 is 0 Å². The fourth-order valence-corrected chi connectivity index (χ4v) is 1.93. The quantitative estimate of drug-likeness (QED) is 0.474. The van der Waals surface area contributed by atoms with Crippen molar-refractivity contribution < 1.29 is 14.6 Å². The smallest absolute Gasteiger partial charge is 0.308 e. The molecule has 0 unspecified atom stereocenters. The zero-order valence-electron chi connectivity index (χ0n) is 11.6. The zero-order chi connectivity index (χ0) is 13.1. The summed E-state index contributed by atoms with van der Waals surface area (Å²) in [4.78, 5) is 11.1. The summed E-state index contributed by atoms with van der Waals surface area (Å²) in [6.45, 7) is 4.06. The fourth-order valence-electron chi connectivity index (χ4n) is 1.93. The first kappa shape index (κ1) is 16.4. The number of aliphatic hydroxyl groups is 1. The van der Waals surface area contributed by atoms with Gasteiger partial charge in [-0.15, -0.1) is 0 Å². The number of carbonyl (C=O) groups is 1. The molecular formula is C14H28O3. The molecule has 0 radical (unpaired) electrons. The normalized spacial score (nSPS) is 14.4. The maximum absolute atomic E-state index is 11.1. The molecule has 102 valence electrons. The first-order valence-corrected chi connectivity index (χ1v) is 6.87. The van der Waals surface area contributed by atoms with Crippen LogP contribution in [0, 0.1) is 5.92 Å². The molecule has 2 atom stereocenters. The number of esters is 1. The van der Waals surface area contributed by atoms with Gasteiger partial charge in [-0.1, -0.05) is 46.0 Å². The van der Waals surface area contributed by atoms with Crippen LogP contribution in [-0.4, -0.2) is 24.3 Å². The van der Waals surface area contributed by atoms with E-state index in [1.165, 1.54) is 26.4 Å². The van der Waals surface area contributed by atoms with Crippen molar-refractivity contribution in [1.29, 1.82) is 0 Å². The van der Waals surface area contributed by atoms with Gasteiger partial charge in [-0.3, -0.25) is 4.79 Å². The highest BCUT2D eigenvalue weighted by molar-refractivity contribution is 5.71. The Morgan fingerprint density at radius 3 is 2.35 bits per heavy atom. The first-order chi connectivity index (χ1) is 8.11. The molecular weight excluding hydrogens is 216 g/mol. The van der Waals surface area contributed by atoms with Gasteiger partial charge in [0.15, 0.2) is 0 Å². The topological polar surface area (TPSA) is 46.5 Å². The largest absolute Gasteiger partial charge is 0.469 e. The number of methoxy groups -OCH3 is 1. The van der Waals surface area contributed by atoms with Crippen molar-refractivity contribution in [1.82, 2.24) is 0 Å². The Bertz CT molecular complexity index is 192. The van der Waals surface area contributed by atoms with Crippen LogP contribution in [0.1, 0.15) is 65.2 Å². The third-order valence-corrected chi connectivity index (χ3v) is 3.17. The molecule has 0 aromatic rings. The maximum Gasteiger partial charge on any atom is 0.308 e. The van der Waals surface area contributed by atoms with Crippen LogP contribution < -0.4 is 0 Å². The molecule has 0 amide bonds. The van der Waals surface area contributed by atoms with Crippen molar-refractivity contribution in [2.75, 3.05) is 7.11 Å². The average molecular weight is 244 g/mol. The molecule has 0 aliphatic heterocycles. The molecule has 0 saturated carbocycles. The first-order valence-electron chi connectivity index (χ1n) is 6.87. The van der Waals surface area contributed by atoms with Gasteiger partial charge in [-0.05, 0) is 19.3 Å². The van der Waals surface area contributed by atoms with E-state index in [4.69, 9.17) is 0 Å². The Morgan fingerprint density at radius 2 is 1.76 bits per heavy atom. The summed E-state index contributed by atoms with van der Waals surface area (Å²) in [5, 5.41) is 9.74. The number of unbranched alkanes of at least 4 members (excludes halogenated alkanes) is 3. The van der Waals surface area contributed by atoms with Crippen molar-refractivity contribution >= 4 is 5.97 Å². The van der Waals surface area contributed by atoms with Crippen LogP contribution >= 0.6 is 0 Å². The van der Waals surface area contributed by atoms with Gasteiger partial charge in [0, 0.05) is 0 Å². The van der Waals surface area contributed by atoms with E-state index in [0.717, 1.165) is 32.1 Å². The van der Waals surface area contributed by atoms with Crippen LogP contribution in [-0.2, 0) is 9.53 Å². The minimum atomic E-state index is -0.197. The second-order valence-electron chi connectivity index (χ2n) is 4.86. The van der Waals surface area contributed by atoms with Crippen LogP contribution in [0.5, 0.6) is 0 Å².